The predicted octanol–water partition coefficient (Wildman–Crippen LogP) is 5.47. The summed E-state index contributed by atoms with van der Waals surface area (Å²) in [6.45, 7) is 9.13. The van der Waals surface area contributed by atoms with E-state index in [1.807, 2.05) is 33.8 Å². The molecule has 0 aliphatic carbocycles. The van der Waals surface area contributed by atoms with E-state index in [1.165, 1.54) is 6.33 Å². The van der Waals surface area contributed by atoms with E-state index in [4.69, 9.17) is 16.3 Å². The number of amides is 2. The summed E-state index contributed by atoms with van der Waals surface area (Å²) in [4.78, 5) is 55.6. The van der Waals surface area contributed by atoms with Gasteiger partial charge in [-0.25, -0.2) is 9.97 Å². The van der Waals surface area contributed by atoms with Gasteiger partial charge >= 0.3 is 6.18 Å². The fraction of sp³-hybridized carbons (Fsp3) is 0.400. The lowest BCUT2D eigenvalue weighted by atomic mass is 9.98. The molecule has 1 fully saturated rings. The third-order valence-corrected chi connectivity index (χ3v) is 9.44. The van der Waals surface area contributed by atoms with Gasteiger partial charge in [-0.2, -0.15) is 22.7 Å². The summed E-state index contributed by atoms with van der Waals surface area (Å²) in [5.74, 6) is -1.07. The van der Waals surface area contributed by atoms with Crippen molar-refractivity contribution in [1.29, 1.82) is 0 Å². The van der Waals surface area contributed by atoms with Crippen molar-refractivity contribution >= 4 is 46.5 Å². The highest BCUT2D eigenvalue weighted by Crippen LogP contribution is 2.36. The topological polar surface area (TPSA) is 157 Å². The molecule has 1 saturated heterocycles. The van der Waals surface area contributed by atoms with Gasteiger partial charge in [-0.05, 0) is 88.5 Å². The standard InChI is InChI=1S/C35H36ClF3N8O5/c1-6-26-23(12-20-14-34(4,5)46(15-20)32(51)28-29(49)19(3)40-17-41-28)31(50)47-33(43-30(44-47)21-9-10-52-18(2)11-21)45(26)16-27(48)42-25-8-7-22(13-24(25)36)35(37,38)39/h7-8,11-13,17-18,49H,6,9-10,14-16H2,1-5H3,(H,42,48)/b20-12+. The molecule has 17 heteroatoms. The zero-order chi connectivity index (χ0) is 37.7. The van der Waals surface area contributed by atoms with Gasteiger partial charge in [-0.3, -0.25) is 14.4 Å². The minimum Gasteiger partial charge on any atom is -0.504 e. The molecule has 13 nitrogen and oxygen atoms in total. The Morgan fingerprint density at radius 2 is 1.98 bits per heavy atom. The zero-order valence-electron chi connectivity index (χ0n) is 29.0. The van der Waals surface area contributed by atoms with E-state index in [-0.39, 0.29) is 70.6 Å². The van der Waals surface area contributed by atoms with Crippen LogP contribution in [0.5, 0.6) is 5.75 Å². The Morgan fingerprint density at radius 1 is 1.23 bits per heavy atom. The second kappa shape index (κ2) is 13.8. The van der Waals surface area contributed by atoms with Gasteiger partial charge in [-0.1, -0.05) is 18.5 Å². The van der Waals surface area contributed by atoms with Gasteiger partial charge in [0, 0.05) is 17.8 Å². The van der Waals surface area contributed by atoms with Crippen LogP contribution in [0.1, 0.15) is 79.4 Å². The fourth-order valence-electron chi connectivity index (χ4n) is 6.55. The Morgan fingerprint density at radius 3 is 2.65 bits per heavy atom. The van der Waals surface area contributed by atoms with Gasteiger partial charge in [0.25, 0.3) is 11.5 Å². The average molecular weight is 741 g/mol. The number of aryl methyl sites for hydroxylation is 1. The summed E-state index contributed by atoms with van der Waals surface area (Å²) in [7, 11) is 0. The van der Waals surface area contributed by atoms with E-state index in [2.05, 4.69) is 25.4 Å². The SMILES string of the molecule is CCc1c(/C=C2/CN(C(=O)c3ncnc(C)c3O)C(C)(C)C2)c(=O)n2nc(C3=CC(C)OCC3)nc2n1CC(=O)Nc1ccc(C(F)(F)F)cc1Cl. The normalized spacial score (nSPS) is 18.2. The van der Waals surface area contributed by atoms with Crippen molar-refractivity contribution in [1.82, 2.24) is 34.0 Å². The molecule has 2 N–H and O–H groups in total. The number of rotatable bonds is 7. The van der Waals surface area contributed by atoms with Gasteiger partial charge in [0.15, 0.2) is 17.3 Å². The van der Waals surface area contributed by atoms with Crippen LogP contribution < -0.4 is 10.9 Å². The van der Waals surface area contributed by atoms with E-state index >= 15 is 0 Å². The van der Waals surface area contributed by atoms with Crippen molar-refractivity contribution in [3.05, 3.63) is 85.6 Å². The number of anilines is 1. The van der Waals surface area contributed by atoms with Crippen LogP contribution in [-0.2, 0) is 28.7 Å². The van der Waals surface area contributed by atoms with Crippen molar-refractivity contribution in [3.63, 3.8) is 0 Å². The molecule has 2 aliphatic rings. The second-order valence-electron chi connectivity index (χ2n) is 13.4. The van der Waals surface area contributed by atoms with Crippen LogP contribution in [0.4, 0.5) is 18.9 Å². The number of carbonyl (C=O) groups excluding carboxylic acids is 2. The third kappa shape index (κ3) is 7.04. The summed E-state index contributed by atoms with van der Waals surface area (Å²) in [6, 6.07) is 2.62. The number of nitrogens with zero attached hydrogens (tertiary/aromatic N) is 7. The van der Waals surface area contributed by atoms with Crippen LogP contribution >= 0.6 is 11.6 Å². The molecule has 1 aromatic carbocycles. The Kier molecular flexibility index (Phi) is 9.74. The summed E-state index contributed by atoms with van der Waals surface area (Å²) in [5.41, 5.74) is 0.0802. The van der Waals surface area contributed by atoms with Gasteiger partial charge in [-0.15, -0.1) is 5.10 Å². The van der Waals surface area contributed by atoms with Crippen LogP contribution in [0, 0.1) is 6.92 Å². The number of nitrogens with one attached hydrogen (secondary N) is 1. The van der Waals surface area contributed by atoms with Crippen molar-refractivity contribution < 1.29 is 32.6 Å². The molecule has 2 amide bonds. The molecule has 0 bridgehead atoms. The Hall–Kier alpha value is -5.09. The maximum absolute atomic E-state index is 14.2. The number of ether oxygens (including phenoxy) is 1. The lowest BCUT2D eigenvalue weighted by molar-refractivity contribution is -0.137. The molecule has 3 aromatic heterocycles. The summed E-state index contributed by atoms with van der Waals surface area (Å²) < 4.78 is 48.0. The van der Waals surface area contributed by atoms with Crippen LogP contribution in [-0.4, -0.2) is 75.7 Å². The summed E-state index contributed by atoms with van der Waals surface area (Å²) >= 11 is 6.13. The van der Waals surface area contributed by atoms with E-state index in [0.29, 0.717) is 25.1 Å². The molecule has 4 aromatic rings. The predicted molar refractivity (Wildman–Crippen MR) is 186 cm³/mol. The Balaban J connectivity index is 1.43. The number of halogens is 4. The summed E-state index contributed by atoms with van der Waals surface area (Å²) in [6.07, 6.45) is 1.09. The maximum Gasteiger partial charge on any atom is 0.416 e. The fourth-order valence-corrected chi connectivity index (χ4v) is 6.78. The molecule has 2 aliphatic heterocycles. The highest BCUT2D eigenvalue weighted by atomic mass is 35.5. The number of hydrogen-bond donors (Lipinski definition) is 2. The zero-order valence-corrected chi connectivity index (χ0v) is 29.8. The van der Waals surface area contributed by atoms with Crippen LogP contribution in [0.2, 0.25) is 5.02 Å². The third-order valence-electron chi connectivity index (χ3n) is 9.13. The van der Waals surface area contributed by atoms with Crippen molar-refractivity contribution in [2.24, 2.45) is 0 Å². The first-order valence-electron chi connectivity index (χ1n) is 16.5. The second-order valence-corrected chi connectivity index (χ2v) is 13.8. The molecular formula is C35H36ClF3N8O5. The molecule has 1 unspecified atom stereocenters. The van der Waals surface area contributed by atoms with Gasteiger partial charge < -0.3 is 24.6 Å². The lowest BCUT2D eigenvalue weighted by Gasteiger charge is -2.30. The van der Waals surface area contributed by atoms with Gasteiger partial charge in [0.2, 0.25) is 11.7 Å². The molecular weight excluding hydrogens is 705 g/mol. The first-order valence-corrected chi connectivity index (χ1v) is 16.9. The molecule has 52 heavy (non-hydrogen) atoms. The highest BCUT2D eigenvalue weighted by molar-refractivity contribution is 6.33. The van der Waals surface area contributed by atoms with Crippen molar-refractivity contribution in [2.75, 3.05) is 18.5 Å². The van der Waals surface area contributed by atoms with E-state index in [1.54, 1.807) is 22.5 Å². The van der Waals surface area contributed by atoms with E-state index in [9.17, 15) is 32.7 Å². The van der Waals surface area contributed by atoms with E-state index in [0.717, 1.165) is 33.9 Å². The quantitative estimate of drug-likeness (QED) is 0.251. The van der Waals surface area contributed by atoms with E-state index < -0.39 is 34.7 Å². The molecule has 0 spiro atoms. The molecule has 274 valence electrons. The van der Waals surface area contributed by atoms with Crippen LogP contribution in [0.25, 0.3) is 17.4 Å². The first-order chi connectivity index (χ1) is 24.5. The smallest absolute Gasteiger partial charge is 0.416 e. The monoisotopic (exact) mass is 740 g/mol. The minimum atomic E-state index is -4.62. The first kappa shape index (κ1) is 36.7. The van der Waals surface area contributed by atoms with Crippen molar-refractivity contribution in [2.45, 2.75) is 78.2 Å². The number of fused-ring (bicyclic) bond motifs is 1. The largest absolute Gasteiger partial charge is 0.504 e. The molecule has 5 heterocycles. The Labute approximate surface area is 300 Å². The Bertz CT molecular complexity index is 2230. The minimum absolute atomic E-state index is 0.0245. The average Bonchev–Trinajstić information content (AvgIpc) is 3.65. The van der Waals surface area contributed by atoms with Gasteiger partial charge in [0.05, 0.1) is 40.2 Å². The van der Waals surface area contributed by atoms with Crippen molar-refractivity contribution in [3.8, 4) is 5.75 Å². The number of carbonyl (C=O) groups is 2. The number of hydrogen-bond acceptors (Lipinski definition) is 9. The van der Waals surface area contributed by atoms with Crippen LogP contribution in [0.15, 0.2) is 41.0 Å². The number of aromatic hydroxyl groups is 1. The molecule has 6 rings (SSSR count). The van der Waals surface area contributed by atoms with Crippen LogP contribution in [0.3, 0.4) is 0 Å². The number of likely N-dealkylation sites (tertiary alicyclic amines) is 1. The molecule has 0 radical (unpaired) electrons. The maximum atomic E-state index is 14.2. The molecule has 0 saturated carbocycles. The molecule has 1 atom stereocenters. The summed E-state index contributed by atoms with van der Waals surface area (Å²) in [5, 5.41) is 17.4. The van der Waals surface area contributed by atoms with Gasteiger partial charge in [0.1, 0.15) is 12.9 Å². The number of alkyl halides is 3. The lowest BCUT2D eigenvalue weighted by Crippen LogP contribution is -2.43. The number of benzene rings is 1. The number of aromatic nitrogens is 6. The highest BCUT2D eigenvalue weighted by Gasteiger charge is 2.40.